The van der Waals surface area contributed by atoms with Gasteiger partial charge in [0, 0.05) is 18.2 Å². The third-order valence-corrected chi connectivity index (χ3v) is 3.24. The van der Waals surface area contributed by atoms with Crippen LogP contribution in [0.15, 0.2) is 18.2 Å². The molecule has 0 amide bonds. The molecule has 3 heteroatoms. The molecule has 0 radical (unpaired) electrons. The van der Waals surface area contributed by atoms with E-state index < -0.39 is 5.97 Å². The fourth-order valence-electron chi connectivity index (χ4n) is 2.31. The lowest BCUT2D eigenvalue weighted by molar-refractivity contribution is -0.141. The predicted octanol–water partition coefficient (Wildman–Crippen LogP) is 2.48. The molecule has 2 unspecified atom stereocenters. The van der Waals surface area contributed by atoms with Crippen LogP contribution in [-0.4, -0.2) is 17.6 Å². The first-order chi connectivity index (χ1) is 7.59. The number of carboxylic acids is 1. The van der Waals surface area contributed by atoms with E-state index in [1.807, 2.05) is 12.1 Å². The van der Waals surface area contributed by atoms with E-state index in [4.69, 9.17) is 5.11 Å². The van der Waals surface area contributed by atoms with Gasteiger partial charge in [-0.2, -0.15) is 0 Å². The van der Waals surface area contributed by atoms with Gasteiger partial charge in [-0.1, -0.05) is 26.0 Å². The van der Waals surface area contributed by atoms with Crippen molar-refractivity contribution in [1.29, 1.82) is 0 Å². The van der Waals surface area contributed by atoms with E-state index >= 15 is 0 Å². The van der Waals surface area contributed by atoms with E-state index in [1.165, 1.54) is 16.8 Å². The summed E-state index contributed by atoms with van der Waals surface area (Å²) < 4.78 is 0. The number of fused-ring (bicyclic) bond motifs is 1. The molecular weight excluding hydrogens is 202 g/mol. The fraction of sp³-hybridized carbons (Fsp3) is 0.462. The van der Waals surface area contributed by atoms with E-state index in [9.17, 15) is 4.79 Å². The van der Waals surface area contributed by atoms with Gasteiger partial charge < -0.3 is 10.4 Å². The van der Waals surface area contributed by atoms with E-state index in [-0.39, 0.29) is 5.92 Å². The maximum Gasteiger partial charge on any atom is 0.306 e. The Hall–Kier alpha value is -1.51. The molecule has 2 rings (SSSR count). The molecule has 0 saturated carbocycles. The maximum absolute atomic E-state index is 10.9. The fourth-order valence-corrected chi connectivity index (χ4v) is 2.31. The third-order valence-electron chi connectivity index (χ3n) is 3.24. The Kier molecular flexibility index (Phi) is 2.86. The maximum atomic E-state index is 10.9. The summed E-state index contributed by atoms with van der Waals surface area (Å²) >= 11 is 0. The van der Waals surface area contributed by atoms with Gasteiger partial charge in [-0.15, -0.1) is 0 Å². The molecule has 2 N–H and O–H groups in total. The summed E-state index contributed by atoms with van der Waals surface area (Å²) in [6, 6.07) is 6.10. The van der Waals surface area contributed by atoms with Crippen LogP contribution < -0.4 is 5.32 Å². The van der Waals surface area contributed by atoms with Crippen LogP contribution in [0.25, 0.3) is 0 Å². The van der Waals surface area contributed by atoms with Crippen LogP contribution in [-0.2, 0) is 11.2 Å². The molecule has 0 bridgehead atoms. The smallest absolute Gasteiger partial charge is 0.306 e. The van der Waals surface area contributed by atoms with Gasteiger partial charge in [-0.05, 0) is 23.6 Å². The molecule has 1 aromatic rings. The number of hydrogen-bond donors (Lipinski definition) is 2. The van der Waals surface area contributed by atoms with E-state index in [2.05, 4.69) is 18.3 Å². The molecule has 1 aliphatic rings. The highest BCUT2D eigenvalue weighted by molar-refractivity contribution is 5.70. The molecule has 2 atom stereocenters. The molecule has 0 fully saturated rings. The van der Waals surface area contributed by atoms with Crippen LogP contribution >= 0.6 is 0 Å². The summed E-state index contributed by atoms with van der Waals surface area (Å²) in [7, 11) is 0. The highest BCUT2D eigenvalue weighted by Gasteiger charge is 2.23. The predicted molar refractivity (Wildman–Crippen MR) is 63.9 cm³/mol. The summed E-state index contributed by atoms with van der Waals surface area (Å²) in [5.41, 5.74) is 3.64. The first kappa shape index (κ1) is 11.0. The lowest BCUT2D eigenvalue weighted by Crippen LogP contribution is -2.13. The highest BCUT2D eigenvalue weighted by Crippen LogP contribution is 2.34. The van der Waals surface area contributed by atoms with E-state index in [1.54, 1.807) is 6.92 Å². The molecule has 0 saturated heterocycles. The molecule has 0 spiro atoms. The van der Waals surface area contributed by atoms with Crippen molar-refractivity contribution in [2.24, 2.45) is 5.92 Å². The molecule has 0 aliphatic carbocycles. The van der Waals surface area contributed by atoms with Gasteiger partial charge >= 0.3 is 5.97 Å². The van der Waals surface area contributed by atoms with Crippen molar-refractivity contribution >= 4 is 11.7 Å². The van der Waals surface area contributed by atoms with Gasteiger partial charge in [0.1, 0.15) is 0 Å². The van der Waals surface area contributed by atoms with Crippen molar-refractivity contribution in [2.45, 2.75) is 26.2 Å². The van der Waals surface area contributed by atoms with Crippen molar-refractivity contribution in [2.75, 3.05) is 11.9 Å². The van der Waals surface area contributed by atoms with Crippen LogP contribution in [0.5, 0.6) is 0 Å². The first-order valence-electron chi connectivity index (χ1n) is 5.68. The molecule has 1 aromatic carbocycles. The lowest BCUT2D eigenvalue weighted by Gasteiger charge is -2.13. The van der Waals surface area contributed by atoms with Crippen molar-refractivity contribution in [1.82, 2.24) is 0 Å². The van der Waals surface area contributed by atoms with E-state index in [0.717, 1.165) is 6.54 Å². The van der Waals surface area contributed by atoms with Crippen molar-refractivity contribution in [3.05, 3.63) is 29.3 Å². The van der Waals surface area contributed by atoms with Crippen molar-refractivity contribution in [3.63, 3.8) is 0 Å². The Balaban J connectivity index is 2.29. The third kappa shape index (κ3) is 1.90. The molecule has 3 nitrogen and oxygen atoms in total. The van der Waals surface area contributed by atoms with Gasteiger partial charge in [0.2, 0.25) is 0 Å². The highest BCUT2D eigenvalue weighted by atomic mass is 16.4. The van der Waals surface area contributed by atoms with Crippen LogP contribution in [0.4, 0.5) is 5.69 Å². The van der Waals surface area contributed by atoms with Gasteiger partial charge in [-0.3, -0.25) is 4.79 Å². The minimum Gasteiger partial charge on any atom is -0.481 e. The van der Waals surface area contributed by atoms with Gasteiger partial charge in [0.15, 0.2) is 0 Å². The topological polar surface area (TPSA) is 49.3 Å². The molecule has 1 heterocycles. The largest absolute Gasteiger partial charge is 0.481 e. The van der Waals surface area contributed by atoms with Gasteiger partial charge in [-0.25, -0.2) is 0 Å². The second-order valence-corrected chi connectivity index (χ2v) is 4.60. The number of hydrogen-bond acceptors (Lipinski definition) is 2. The lowest BCUT2D eigenvalue weighted by atomic mass is 9.91. The van der Waals surface area contributed by atoms with Crippen LogP contribution in [0, 0.1) is 5.92 Å². The summed E-state index contributed by atoms with van der Waals surface area (Å²) in [5.74, 6) is -0.567. The van der Waals surface area contributed by atoms with Crippen LogP contribution in [0.3, 0.4) is 0 Å². The minimum atomic E-state index is -0.726. The zero-order valence-electron chi connectivity index (χ0n) is 9.66. The summed E-state index contributed by atoms with van der Waals surface area (Å²) in [6.45, 7) is 4.89. The number of carboxylic acid groups (broad SMARTS) is 1. The number of benzene rings is 1. The average Bonchev–Trinajstić information content (AvgIpc) is 2.61. The zero-order chi connectivity index (χ0) is 11.7. The van der Waals surface area contributed by atoms with Gasteiger partial charge in [0.05, 0.1) is 5.92 Å². The molecule has 1 aliphatic heterocycles. The van der Waals surface area contributed by atoms with Gasteiger partial charge in [0.25, 0.3) is 0 Å². The molecule has 86 valence electrons. The van der Waals surface area contributed by atoms with Crippen LogP contribution in [0.2, 0.25) is 0 Å². The Bertz CT molecular complexity index is 414. The standard InChI is InChI=1S/C13H17NO2/c1-8(13(15)16)6-10-4-3-5-11-12(10)9(2)7-14-11/h3-5,8-9,14H,6-7H2,1-2H3,(H,15,16). The summed E-state index contributed by atoms with van der Waals surface area (Å²) in [5, 5.41) is 12.3. The van der Waals surface area contributed by atoms with E-state index in [0.29, 0.717) is 12.3 Å². The quantitative estimate of drug-likeness (QED) is 0.821. The summed E-state index contributed by atoms with van der Waals surface area (Å²) in [6.07, 6.45) is 0.616. The minimum absolute atomic E-state index is 0.320. The second kappa shape index (κ2) is 4.16. The normalized spacial score (nSPS) is 20.0. The van der Waals surface area contributed by atoms with Crippen molar-refractivity contribution in [3.8, 4) is 0 Å². The average molecular weight is 219 g/mol. The zero-order valence-corrected chi connectivity index (χ0v) is 9.66. The second-order valence-electron chi connectivity index (χ2n) is 4.60. The number of anilines is 1. The molecule has 0 aromatic heterocycles. The Labute approximate surface area is 95.5 Å². The Morgan fingerprint density at radius 2 is 2.38 bits per heavy atom. The molecular formula is C13H17NO2. The Morgan fingerprint density at radius 1 is 1.62 bits per heavy atom. The molecule has 16 heavy (non-hydrogen) atoms. The Morgan fingerprint density at radius 3 is 3.06 bits per heavy atom. The number of rotatable bonds is 3. The number of aliphatic carboxylic acids is 1. The van der Waals surface area contributed by atoms with Crippen molar-refractivity contribution < 1.29 is 9.90 Å². The number of nitrogens with one attached hydrogen (secondary N) is 1. The monoisotopic (exact) mass is 219 g/mol. The number of carbonyl (C=O) groups is 1. The first-order valence-corrected chi connectivity index (χ1v) is 5.68. The van der Waals surface area contributed by atoms with Crippen LogP contribution in [0.1, 0.15) is 30.9 Å². The summed E-state index contributed by atoms with van der Waals surface area (Å²) in [4.78, 5) is 10.9. The SMILES string of the molecule is CC(Cc1cccc2c1C(C)CN2)C(=O)O.